The lowest BCUT2D eigenvalue weighted by atomic mass is 9.99. The minimum atomic E-state index is -1.71. The van der Waals surface area contributed by atoms with Crippen molar-refractivity contribution in [2.45, 2.75) is 220 Å². The molecule has 9 atom stereocenters. The van der Waals surface area contributed by atoms with Crippen molar-refractivity contribution in [2.75, 3.05) is 6.61 Å². The third-order valence-electron chi connectivity index (χ3n) is 10.8. The van der Waals surface area contributed by atoms with E-state index >= 15 is 0 Å². The van der Waals surface area contributed by atoms with Crippen molar-refractivity contribution in [3.63, 3.8) is 0 Å². The third-order valence-corrected chi connectivity index (χ3v) is 10.8. The van der Waals surface area contributed by atoms with E-state index in [-0.39, 0.29) is 43.4 Å². The van der Waals surface area contributed by atoms with Crippen LogP contribution in [0.4, 0.5) is 0 Å². The molecule has 0 saturated carbocycles. The Labute approximate surface area is 370 Å². The van der Waals surface area contributed by atoms with Gasteiger partial charge in [-0.3, -0.25) is 28.8 Å². The summed E-state index contributed by atoms with van der Waals surface area (Å²) in [5.41, 5.74) is 0. The summed E-state index contributed by atoms with van der Waals surface area (Å²) >= 11 is 0. The van der Waals surface area contributed by atoms with Crippen LogP contribution in [0.3, 0.4) is 0 Å². The van der Waals surface area contributed by atoms with Gasteiger partial charge in [-0.1, -0.05) is 119 Å². The van der Waals surface area contributed by atoms with Crippen LogP contribution in [0, 0.1) is 17.8 Å². The highest BCUT2D eigenvalue weighted by atomic mass is 16.5. The Morgan fingerprint density at radius 2 is 1.16 bits per heavy atom. The average molecular weight is 883 g/mol. The number of hydrogen-bond donors (Lipinski definition) is 9. The van der Waals surface area contributed by atoms with Crippen molar-refractivity contribution in [3.05, 3.63) is 0 Å². The predicted octanol–water partition coefficient (Wildman–Crippen LogP) is 2.80. The maximum Gasteiger partial charge on any atom is 0.328 e. The van der Waals surface area contributed by atoms with Crippen molar-refractivity contribution >= 4 is 41.4 Å². The van der Waals surface area contributed by atoms with Gasteiger partial charge in [0.1, 0.15) is 42.4 Å². The van der Waals surface area contributed by atoms with Crippen LogP contribution in [0.15, 0.2) is 0 Å². The molecule has 62 heavy (non-hydrogen) atoms. The van der Waals surface area contributed by atoms with Crippen molar-refractivity contribution in [2.24, 2.45) is 17.8 Å². The smallest absolute Gasteiger partial charge is 0.328 e. The molecular weight excluding hydrogens is 801 g/mol. The Morgan fingerprint density at radius 1 is 0.661 bits per heavy atom. The fourth-order valence-corrected chi connectivity index (χ4v) is 7.34. The van der Waals surface area contributed by atoms with Crippen molar-refractivity contribution < 1.29 is 53.6 Å². The van der Waals surface area contributed by atoms with E-state index in [9.17, 15) is 48.9 Å². The number of aliphatic hydroxyl groups excluding tert-OH is 3. The van der Waals surface area contributed by atoms with E-state index in [0.29, 0.717) is 6.42 Å². The van der Waals surface area contributed by atoms with Crippen LogP contribution in [-0.2, 0) is 38.3 Å². The number of hydrogen-bond acceptors (Lipinski definition) is 11. The van der Waals surface area contributed by atoms with E-state index in [0.717, 1.165) is 25.7 Å². The summed E-state index contributed by atoms with van der Waals surface area (Å²) in [5, 5.41) is 46.5. The lowest BCUT2D eigenvalue weighted by Crippen LogP contribution is -2.64. The standard InChI is InChI=1S/C45H82N6O11/c1-10-11-12-13-14-15-16-17-18-19-20-21-32(54)25-37(55)46-33(22-27(2)3)41(57)51-39-31(9)62-45(61)35(24-29(6)7)48-40(56)34(23-28(4)5)47-43(59)38(30(8)53)50-42(58)36(26-52)49-44(39)60/h27-36,38-39,52-54H,10-26H2,1-9H3,(H,46,55)(H,47,59)(H,48,56)(H,49,60)(H,50,58)(H,51,57). The van der Waals surface area contributed by atoms with Crippen LogP contribution in [0.25, 0.3) is 0 Å². The van der Waals surface area contributed by atoms with Gasteiger partial charge < -0.3 is 52.0 Å². The molecule has 358 valence electrons. The number of aliphatic hydroxyl groups is 3. The average Bonchev–Trinajstić information content (AvgIpc) is 3.17. The molecule has 0 aromatic rings. The quantitative estimate of drug-likeness (QED) is 0.0476. The fraction of sp³-hybridized carbons (Fsp3) is 0.844. The Bertz CT molecular complexity index is 1390. The fourth-order valence-electron chi connectivity index (χ4n) is 7.34. The summed E-state index contributed by atoms with van der Waals surface area (Å²) in [4.78, 5) is 95.4. The monoisotopic (exact) mass is 883 g/mol. The zero-order valence-electron chi connectivity index (χ0n) is 39.1. The highest BCUT2D eigenvalue weighted by Gasteiger charge is 2.39. The maximum atomic E-state index is 14.0. The van der Waals surface area contributed by atoms with Crippen LogP contribution in [0.1, 0.15) is 165 Å². The molecule has 0 aromatic carbocycles. The third kappa shape index (κ3) is 22.5. The molecule has 17 nitrogen and oxygen atoms in total. The van der Waals surface area contributed by atoms with Crippen molar-refractivity contribution in [3.8, 4) is 0 Å². The zero-order chi connectivity index (χ0) is 46.9. The van der Waals surface area contributed by atoms with Gasteiger partial charge in [0.2, 0.25) is 35.4 Å². The summed E-state index contributed by atoms with van der Waals surface area (Å²) in [7, 11) is 0. The molecule has 0 bridgehead atoms. The second-order valence-corrected chi connectivity index (χ2v) is 18.4. The Balaban J connectivity index is 3.29. The molecule has 9 N–H and O–H groups in total. The Kier molecular flexibility index (Phi) is 27.4. The summed E-state index contributed by atoms with van der Waals surface area (Å²) in [6, 6.07) is -8.63. The zero-order valence-corrected chi connectivity index (χ0v) is 39.1. The first-order chi connectivity index (χ1) is 29.2. The van der Waals surface area contributed by atoms with Gasteiger partial charge in [0, 0.05) is 0 Å². The molecule has 1 heterocycles. The summed E-state index contributed by atoms with van der Waals surface area (Å²) in [5.74, 6) is -6.46. The first kappa shape index (κ1) is 56.2. The molecule has 1 aliphatic heterocycles. The lowest BCUT2D eigenvalue weighted by Gasteiger charge is -2.31. The van der Waals surface area contributed by atoms with E-state index in [2.05, 4.69) is 38.8 Å². The minimum absolute atomic E-state index is 0.107. The van der Waals surface area contributed by atoms with Crippen LogP contribution in [-0.4, -0.2) is 118 Å². The van der Waals surface area contributed by atoms with Gasteiger partial charge >= 0.3 is 5.97 Å². The highest BCUT2D eigenvalue weighted by Crippen LogP contribution is 2.16. The van der Waals surface area contributed by atoms with Crippen molar-refractivity contribution in [1.82, 2.24) is 31.9 Å². The molecular formula is C45H82N6O11. The van der Waals surface area contributed by atoms with Crippen LogP contribution >= 0.6 is 0 Å². The van der Waals surface area contributed by atoms with Gasteiger partial charge in [-0.2, -0.15) is 0 Å². The molecule has 0 aromatic heterocycles. The minimum Gasteiger partial charge on any atom is -0.458 e. The number of ether oxygens (including phenoxy) is 1. The molecule has 17 heteroatoms. The number of cyclic esters (lactones) is 1. The SMILES string of the molecule is CCCCCCCCCCCCCC(O)CC(=O)NC(CC(C)C)C(=O)NC1C(=O)NC(CO)C(=O)NC(C(C)O)C(=O)NC(CC(C)C)C(=O)NC(CC(C)C)C(=O)OC1C. The summed E-state index contributed by atoms with van der Waals surface area (Å²) in [6.07, 6.45) is 9.43. The van der Waals surface area contributed by atoms with Crippen LogP contribution in [0.2, 0.25) is 0 Å². The van der Waals surface area contributed by atoms with Crippen LogP contribution in [0.5, 0.6) is 0 Å². The van der Waals surface area contributed by atoms with E-state index < -0.39 is 103 Å². The molecule has 0 spiro atoms. The van der Waals surface area contributed by atoms with Gasteiger partial charge in [0.25, 0.3) is 0 Å². The number of unbranched alkanes of at least 4 members (excludes halogenated alkanes) is 10. The van der Waals surface area contributed by atoms with Crippen molar-refractivity contribution in [1.29, 1.82) is 0 Å². The van der Waals surface area contributed by atoms with E-state index in [1.54, 1.807) is 0 Å². The molecule has 1 aliphatic rings. The molecule has 9 unspecified atom stereocenters. The second-order valence-electron chi connectivity index (χ2n) is 18.4. The first-order valence-corrected chi connectivity index (χ1v) is 23.2. The topological polar surface area (TPSA) is 262 Å². The van der Waals surface area contributed by atoms with E-state index in [4.69, 9.17) is 4.74 Å². The van der Waals surface area contributed by atoms with Gasteiger partial charge in [0.05, 0.1) is 25.2 Å². The maximum absolute atomic E-state index is 14.0. The molecule has 1 saturated heterocycles. The molecule has 6 amide bonds. The normalized spacial score (nSPS) is 23.5. The highest BCUT2D eigenvalue weighted by molar-refractivity contribution is 5.97. The number of esters is 1. The number of amides is 6. The van der Waals surface area contributed by atoms with E-state index in [1.165, 1.54) is 58.8 Å². The molecule has 1 fully saturated rings. The molecule has 0 aliphatic carbocycles. The largest absolute Gasteiger partial charge is 0.458 e. The number of rotatable bonds is 25. The van der Waals surface area contributed by atoms with Gasteiger partial charge in [-0.05, 0) is 57.3 Å². The predicted molar refractivity (Wildman–Crippen MR) is 236 cm³/mol. The molecule has 0 radical (unpaired) electrons. The molecule has 1 rings (SSSR count). The summed E-state index contributed by atoms with van der Waals surface area (Å²) in [6.45, 7) is 14.7. The van der Waals surface area contributed by atoms with Crippen LogP contribution < -0.4 is 31.9 Å². The number of carbonyl (C=O) groups is 7. The summed E-state index contributed by atoms with van der Waals surface area (Å²) < 4.78 is 5.73. The van der Waals surface area contributed by atoms with Gasteiger partial charge in [0.15, 0.2) is 0 Å². The lowest BCUT2D eigenvalue weighted by molar-refractivity contribution is -0.156. The number of carbonyl (C=O) groups excluding carboxylic acids is 7. The van der Waals surface area contributed by atoms with Gasteiger partial charge in [-0.25, -0.2) is 4.79 Å². The van der Waals surface area contributed by atoms with Gasteiger partial charge in [-0.15, -0.1) is 0 Å². The number of nitrogens with one attached hydrogen (secondary N) is 6. The van der Waals surface area contributed by atoms with E-state index in [1.807, 2.05) is 41.5 Å². The second kappa shape index (κ2) is 30.3. The first-order valence-electron chi connectivity index (χ1n) is 23.2. The Morgan fingerprint density at radius 3 is 1.68 bits per heavy atom. The Hall–Kier alpha value is -3.83.